The SMILES string of the molecule is Cc1ccc(NCCCNC(=O)CNC(N)=O)nc1. The molecule has 0 fully saturated rings. The highest BCUT2D eigenvalue weighted by Crippen LogP contribution is 2.03. The van der Waals surface area contributed by atoms with Crippen molar-refractivity contribution in [2.45, 2.75) is 13.3 Å². The van der Waals surface area contributed by atoms with E-state index in [2.05, 4.69) is 20.9 Å². The van der Waals surface area contributed by atoms with Crippen molar-refractivity contribution in [2.24, 2.45) is 5.73 Å². The molecule has 0 radical (unpaired) electrons. The van der Waals surface area contributed by atoms with E-state index in [0.29, 0.717) is 13.1 Å². The Morgan fingerprint density at radius 2 is 2.05 bits per heavy atom. The lowest BCUT2D eigenvalue weighted by Gasteiger charge is -2.07. The van der Waals surface area contributed by atoms with Crippen LogP contribution in [0.1, 0.15) is 12.0 Å². The zero-order valence-corrected chi connectivity index (χ0v) is 10.9. The number of anilines is 1. The molecule has 7 nitrogen and oxygen atoms in total. The van der Waals surface area contributed by atoms with E-state index in [4.69, 9.17) is 5.73 Å². The molecule has 1 aromatic rings. The van der Waals surface area contributed by atoms with Gasteiger partial charge in [0.25, 0.3) is 0 Å². The monoisotopic (exact) mass is 265 g/mol. The van der Waals surface area contributed by atoms with Gasteiger partial charge in [0.2, 0.25) is 5.91 Å². The van der Waals surface area contributed by atoms with E-state index < -0.39 is 6.03 Å². The average molecular weight is 265 g/mol. The first kappa shape index (κ1) is 14.7. The summed E-state index contributed by atoms with van der Waals surface area (Å²) >= 11 is 0. The van der Waals surface area contributed by atoms with E-state index in [1.807, 2.05) is 19.1 Å². The number of nitrogens with two attached hydrogens (primary N) is 1. The molecule has 1 heterocycles. The van der Waals surface area contributed by atoms with Crippen molar-refractivity contribution in [1.82, 2.24) is 15.6 Å². The van der Waals surface area contributed by atoms with Gasteiger partial charge in [-0.25, -0.2) is 9.78 Å². The quantitative estimate of drug-likeness (QED) is 0.519. The zero-order valence-electron chi connectivity index (χ0n) is 10.9. The minimum Gasteiger partial charge on any atom is -0.370 e. The summed E-state index contributed by atoms with van der Waals surface area (Å²) in [6, 6.07) is 3.18. The zero-order chi connectivity index (χ0) is 14.1. The lowest BCUT2D eigenvalue weighted by molar-refractivity contribution is -0.120. The molecule has 0 aliphatic heterocycles. The van der Waals surface area contributed by atoms with Gasteiger partial charge in [-0.05, 0) is 25.0 Å². The number of pyridine rings is 1. The van der Waals surface area contributed by atoms with Gasteiger partial charge >= 0.3 is 6.03 Å². The summed E-state index contributed by atoms with van der Waals surface area (Å²) in [6.07, 6.45) is 2.55. The van der Waals surface area contributed by atoms with E-state index in [9.17, 15) is 9.59 Å². The van der Waals surface area contributed by atoms with E-state index in [-0.39, 0.29) is 12.5 Å². The number of nitrogens with zero attached hydrogens (tertiary/aromatic N) is 1. The maximum absolute atomic E-state index is 11.2. The Balaban J connectivity index is 2.06. The van der Waals surface area contributed by atoms with Crippen LogP contribution in [0.2, 0.25) is 0 Å². The van der Waals surface area contributed by atoms with E-state index in [0.717, 1.165) is 17.8 Å². The van der Waals surface area contributed by atoms with E-state index in [1.54, 1.807) is 6.20 Å². The van der Waals surface area contributed by atoms with Crippen LogP contribution in [0.25, 0.3) is 0 Å². The van der Waals surface area contributed by atoms with Crippen LogP contribution < -0.4 is 21.7 Å². The van der Waals surface area contributed by atoms with Gasteiger partial charge < -0.3 is 21.7 Å². The molecular weight excluding hydrogens is 246 g/mol. The molecule has 0 aliphatic carbocycles. The minimum atomic E-state index is -0.706. The molecule has 1 aromatic heterocycles. The molecule has 1 rings (SSSR count). The number of aryl methyl sites for hydroxylation is 1. The smallest absolute Gasteiger partial charge is 0.312 e. The molecule has 3 amide bonds. The maximum Gasteiger partial charge on any atom is 0.312 e. The van der Waals surface area contributed by atoms with Crippen molar-refractivity contribution in [3.05, 3.63) is 23.9 Å². The second-order valence-electron chi connectivity index (χ2n) is 4.07. The van der Waals surface area contributed by atoms with Crippen LogP contribution >= 0.6 is 0 Å². The molecule has 5 N–H and O–H groups in total. The molecule has 19 heavy (non-hydrogen) atoms. The Morgan fingerprint density at radius 1 is 1.26 bits per heavy atom. The Kier molecular flexibility index (Phi) is 6.14. The standard InChI is InChI=1S/C12H19N5O2/c1-9-3-4-10(16-7-9)14-5-2-6-15-11(18)8-17-12(13)19/h3-4,7H,2,5-6,8H2,1H3,(H,14,16)(H,15,18)(H3,13,17,19). The van der Waals surface area contributed by atoms with Crippen LogP contribution in [0.4, 0.5) is 10.6 Å². The predicted octanol–water partition coefficient (Wildman–Crippen LogP) is -0.0235. The molecule has 7 heteroatoms. The number of hydrogen-bond acceptors (Lipinski definition) is 4. The third-order valence-corrected chi connectivity index (χ3v) is 2.32. The molecule has 0 aromatic carbocycles. The molecule has 0 saturated carbocycles. The first-order chi connectivity index (χ1) is 9.08. The van der Waals surface area contributed by atoms with Gasteiger partial charge in [-0.15, -0.1) is 0 Å². The Hall–Kier alpha value is -2.31. The number of aromatic nitrogens is 1. The van der Waals surface area contributed by atoms with Crippen LogP contribution in [0.15, 0.2) is 18.3 Å². The number of carbonyl (C=O) groups is 2. The highest BCUT2D eigenvalue weighted by Gasteiger charge is 2.01. The van der Waals surface area contributed by atoms with Crippen molar-refractivity contribution in [3.8, 4) is 0 Å². The molecular formula is C12H19N5O2. The molecule has 0 bridgehead atoms. The molecule has 0 atom stereocenters. The molecule has 0 aliphatic rings. The van der Waals surface area contributed by atoms with E-state index >= 15 is 0 Å². The summed E-state index contributed by atoms with van der Waals surface area (Å²) < 4.78 is 0. The van der Waals surface area contributed by atoms with Crippen LogP contribution in [0.3, 0.4) is 0 Å². The van der Waals surface area contributed by atoms with Gasteiger partial charge in [-0.2, -0.15) is 0 Å². The number of rotatable bonds is 7. The van der Waals surface area contributed by atoms with Crippen molar-refractivity contribution < 1.29 is 9.59 Å². The number of amides is 3. The number of nitrogens with one attached hydrogen (secondary N) is 3. The molecule has 0 spiro atoms. The Bertz CT molecular complexity index is 419. The predicted molar refractivity (Wildman–Crippen MR) is 72.7 cm³/mol. The van der Waals surface area contributed by atoms with Gasteiger partial charge in [0, 0.05) is 19.3 Å². The summed E-state index contributed by atoms with van der Waals surface area (Å²) in [4.78, 5) is 25.8. The fourth-order valence-corrected chi connectivity index (χ4v) is 1.33. The fourth-order valence-electron chi connectivity index (χ4n) is 1.33. The topological polar surface area (TPSA) is 109 Å². The largest absolute Gasteiger partial charge is 0.370 e. The van der Waals surface area contributed by atoms with Crippen molar-refractivity contribution >= 4 is 17.8 Å². The first-order valence-electron chi connectivity index (χ1n) is 6.04. The minimum absolute atomic E-state index is 0.0950. The van der Waals surface area contributed by atoms with Gasteiger partial charge in [-0.3, -0.25) is 4.79 Å². The lowest BCUT2D eigenvalue weighted by Crippen LogP contribution is -2.39. The molecule has 0 unspecified atom stereocenters. The highest BCUT2D eigenvalue weighted by atomic mass is 16.2. The van der Waals surface area contributed by atoms with Gasteiger partial charge in [0.05, 0.1) is 6.54 Å². The van der Waals surface area contributed by atoms with Crippen molar-refractivity contribution in [1.29, 1.82) is 0 Å². The Labute approximate surface area is 112 Å². The highest BCUT2D eigenvalue weighted by molar-refractivity contribution is 5.83. The van der Waals surface area contributed by atoms with Crippen LogP contribution in [-0.2, 0) is 4.79 Å². The summed E-state index contributed by atoms with van der Waals surface area (Å²) in [5, 5.41) is 8.03. The first-order valence-corrected chi connectivity index (χ1v) is 6.04. The number of urea groups is 1. The number of carbonyl (C=O) groups excluding carboxylic acids is 2. The summed E-state index contributed by atoms with van der Waals surface area (Å²) in [5.74, 6) is 0.555. The fraction of sp³-hybridized carbons (Fsp3) is 0.417. The normalized spacial score (nSPS) is 9.74. The molecule has 104 valence electrons. The average Bonchev–Trinajstić information content (AvgIpc) is 2.38. The van der Waals surface area contributed by atoms with E-state index in [1.165, 1.54) is 0 Å². The number of hydrogen-bond donors (Lipinski definition) is 4. The summed E-state index contributed by atoms with van der Waals surface area (Å²) in [5.41, 5.74) is 5.96. The second kappa shape index (κ2) is 7.91. The van der Waals surface area contributed by atoms with Crippen molar-refractivity contribution in [3.63, 3.8) is 0 Å². The summed E-state index contributed by atoms with van der Waals surface area (Å²) in [6.45, 7) is 3.12. The van der Waals surface area contributed by atoms with Gasteiger partial charge in [-0.1, -0.05) is 6.07 Å². The van der Waals surface area contributed by atoms with Crippen molar-refractivity contribution in [2.75, 3.05) is 25.0 Å². The van der Waals surface area contributed by atoms with Crippen LogP contribution in [0.5, 0.6) is 0 Å². The third-order valence-electron chi connectivity index (χ3n) is 2.32. The van der Waals surface area contributed by atoms with Gasteiger partial charge in [0.15, 0.2) is 0 Å². The third kappa shape index (κ3) is 6.87. The lowest BCUT2D eigenvalue weighted by atomic mass is 10.3. The number of primary amides is 1. The second-order valence-corrected chi connectivity index (χ2v) is 4.07. The van der Waals surface area contributed by atoms with Crippen LogP contribution in [-0.4, -0.2) is 36.6 Å². The molecule has 0 saturated heterocycles. The maximum atomic E-state index is 11.2. The Morgan fingerprint density at radius 3 is 2.68 bits per heavy atom. The summed E-state index contributed by atoms with van der Waals surface area (Å²) in [7, 11) is 0. The van der Waals surface area contributed by atoms with Gasteiger partial charge in [0.1, 0.15) is 5.82 Å². The van der Waals surface area contributed by atoms with Crippen LogP contribution in [0, 0.1) is 6.92 Å².